The molecule has 0 amide bonds. The van der Waals surface area contributed by atoms with Gasteiger partial charge in [-0.25, -0.2) is 4.98 Å². The standard InChI is InChI=1S/C21H20N4OS2/c26-20-19-16(17-7-4-12-27-17)14-28-21(19)23-18(22-20)13-24-8-10-25(11-9-24)15-5-2-1-3-6-15/h1-7,12,14H,8-11,13H2,(H,22,23,26). The van der Waals surface area contributed by atoms with Crippen molar-refractivity contribution in [1.29, 1.82) is 0 Å². The van der Waals surface area contributed by atoms with Gasteiger partial charge in [0.05, 0.1) is 11.9 Å². The van der Waals surface area contributed by atoms with Gasteiger partial charge in [-0.2, -0.15) is 0 Å². The average molecular weight is 409 g/mol. The number of aromatic amines is 1. The summed E-state index contributed by atoms with van der Waals surface area (Å²) in [6.07, 6.45) is 0. The van der Waals surface area contributed by atoms with Crippen molar-refractivity contribution in [2.75, 3.05) is 31.1 Å². The Morgan fingerprint density at radius 1 is 1.00 bits per heavy atom. The normalized spacial score (nSPS) is 15.4. The first-order valence-electron chi connectivity index (χ1n) is 9.34. The van der Waals surface area contributed by atoms with E-state index in [1.54, 1.807) is 22.7 Å². The zero-order valence-electron chi connectivity index (χ0n) is 15.3. The minimum atomic E-state index is -0.0347. The summed E-state index contributed by atoms with van der Waals surface area (Å²) in [5, 5.41) is 4.79. The molecule has 1 aliphatic rings. The van der Waals surface area contributed by atoms with Crippen LogP contribution in [0, 0.1) is 0 Å². The molecule has 1 aromatic carbocycles. The van der Waals surface area contributed by atoms with Crippen molar-refractivity contribution < 1.29 is 0 Å². The van der Waals surface area contributed by atoms with Gasteiger partial charge in [0.2, 0.25) is 0 Å². The number of thiophene rings is 2. The molecule has 0 spiro atoms. The first-order chi connectivity index (χ1) is 13.8. The Labute approximate surface area is 170 Å². The van der Waals surface area contributed by atoms with Gasteiger partial charge in [0.25, 0.3) is 5.56 Å². The Hall–Kier alpha value is -2.48. The van der Waals surface area contributed by atoms with Crippen molar-refractivity contribution in [2.45, 2.75) is 6.54 Å². The number of para-hydroxylation sites is 1. The summed E-state index contributed by atoms with van der Waals surface area (Å²) in [7, 11) is 0. The molecular weight excluding hydrogens is 388 g/mol. The SMILES string of the molecule is O=c1[nH]c(CN2CCN(c3ccccc3)CC2)nc2scc(-c3cccs3)c12. The van der Waals surface area contributed by atoms with E-state index in [1.165, 1.54) is 5.69 Å². The van der Waals surface area contributed by atoms with Gasteiger partial charge in [0.1, 0.15) is 10.7 Å². The van der Waals surface area contributed by atoms with Gasteiger partial charge in [-0.05, 0) is 23.6 Å². The van der Waals surface area contributed by atoms with Gasteiger partial charge < -0.3 is 9.88 Å². The molecule has 4 aromatic rings. The molecular formula is C21H20N4OS2. The van der Waals surface area contributed by atoms with E-state index < -0.39 is 0 Å². The first kappa shape index (κ1) is 17.6. The number of piperazine rings is 1. The number of nitrogens with zero attached hydrogens (tertiary/aromatic N) is 3. The number of H-pyrrole nitrogens is 1. The van der Waals surface area contributed by atoms with Crippen LogP contribution in [-0.2, 0) is 6.54 Å². The first-order valence-corrected chi connectivity index (χ1v) is 11.1. The van der Waals surface area contributed by atoms with Crippen molar-refractivity contribution >= 4 is 38.6 Å². The predicted molar refractivity (Wildman–Crippen MR) is 117 cm³/mol. The molecule has 5 nitrogen and oxygen atoms in total. The topological polar surface area (TPSA) is 52.2 Å². The molecule has 0 radical (unpaired) electrons. The number of aromatic nitrogens is 2. The van der Waals surface area contributed by atoms with Crippen molar-refractivity contribution in [3.63, 3.8) is 0 Å². The Morgan fingerprint density at radius 2 is 1.82 bits per heavy atom. The smallest absolute Gasteiger partial charge is 0.260 e. The highest BCUT2D eigenvalue weighted by Gasteiger charge is 2.19. The lowest BCUT2D eigenvalue weighted by molar-refractivity contribution is 0.244. The average Bonchev–Trinajstić information content (AvgIpc) is 3.39. The fraction of sp³-hybridized carbons (Fsp3) is 0.238. The maximum absolute atomic E-state index is 12.7. The van der Waals surface area contributed by atoms with E-state index in [0.29, 0.717) is 11.9 Å². The fourth-order valence-electron chi connectivity index (χ4n) is 3.70. The van der Waals surface area contributed by atoms with Crippen LogP contribution >= 0.6 is 22.7 Å². The fourth-order valence-corrected chi connectivity index (χ4v) is 5.48. The van der Waals surface area contributed by atoms with E-state index in [9.17, 15) is 4.79 Å². The van der Waals surface area contributed by atoms with E-state index >= 15 is 0 Å². The predicted octanol–water partition coefficient (Wildman–Crippen LogP) is 4.04. The van der Waals surface area contributed by atoms with Crippen LogP contribution in [0.1, 0.15) is 5.82 Å². The highest BCUT2D eigenvalue weighted by molar-refractivity contribution is 7.18. The number of hydrogen-bond acceptors (Lipinski definition) is 6. The Balaban J connectivity index is 1.32. The summed E-state index contributed by atoms with van der Waals surface area (Å²) in [4.78, 5) is 27.2. The Morgan fingerprint density at radius 3 is 2.57 bits per heavy atom. The molecule has 0 unspecified atom stereocenters. The summed E-state index contributed by atoms with van der Waals surface area (Å²) in [6, 6.07) is 14.6. The number of rotatable bonds is 4. The van der Waals surface area contributed by atoms with Crippen LogP contribution in [0.2, 0.25) is 0 Å². The highest BCUT2D eigenvalue weighted by atomic mass is 32.1. The lowest BCUT2D eigenvalue weighted by Gasteiger charge is -2.35. The number of fused-ring (bicyclic) bond motifs is 1. The lowest BCUT2D eigenvalue weighted by Crippen LogP contribution is -2.46. The second-order valence-corrected chi connectivity index (χ2v) is 8.72. The Bertz CT molecular complexity index is 1130. The second-order valence-electron chi connectivity index (χ2n) is 6.92. The molecule has 1 saturated heterocycles. The van der Waals surface area contributed by atoms with Crippen LogP contribution < -0.4 is 10.5 Å². The molecule has 3 aromatic heterocycles. The van der Waals surface area contributed by atoms with Gasteiger partial charge in [-0.1, -0.05) is 24.3 Å². The maximum Gasteiger partial charge on any atom is 0.260 e. The van der Waals surface area contributed by atoms with Crippen molar-refractivity contribution in [3.8, 4) is 10.4 Å². The van der Waals surface area contributed by atoms with Crippen LogP contribution in [0.3, 0.4) is 0 Å². The van der Waals surface area contributed by atoms with Gasteiger partial charge >= 0.3 is 0 Å². The number of nitrogens with one attached hydrogen (secondary N) is 1. The van der Waals surface area contributed by atoms with E-state index in [-0.39, 0.29) is 5.56 Å². The number of anilines is 1. The van der Waals surface area contributed by atoms with E-state index in [0.717, 1.165) is 47.3 Å². The molecule has 0 aliphatic carbocycles. The second kappa shape index (κ2) is 7.50. The molecule has 0 atom stereocenters. The maximum atomic E-state index is 12.7. The van der Waals surface area contributed by atoms with Gasteiger partial charge in [0, 0.05) is 47.7 Å². The minimum absolute atomic E-state index is 0.0347. The molecule has 0 saturated carbocycles. The lowest BCUT2D eigenvalue weighted by atomic mass is 10.2. The molecule has 7 heteroatoms. The van der Waals surface area contributed by atoms with Gasteiger partial charge in [0.15, 0.2) is 0 Å². The van der Waals surface area contributed by atoms with E-state index in [4.69, 9.17) is 4.98 Å². The molecule has 1 fully saturated rings. The number of benzene rings is 1. The molecule has 0 bridgehead atoms. The van der Waals surface area contributed by atoms with Gasteiger partial charge in [-0.3, -0.25) is 9.69 Å². The van der Waals surface area contributed by atoms with E-state index in [2.05, 4.69) is 39.0 Å². The monoisotopic (exact) mass is 408 g/mol. The van der Waals surface area contributed by atoms with Crippen molar-refractivity contribution in [1.82, 2.24) is 14.9 Å². The summed E-state index contributed by atoms with van der Waals surface area (Å²) < 4.78 is 0. The summed E-state index contributed by atoms with van der Waals surface area (Å²) in [6.45, 7) is 4.57. The van der Waals surface area contributed by atoms with Crippen LogP contribution in [0.4, 0.5) is 5.69 Å². The third-order valence-corrected chi connectivity index (χ3v) is 6.92. The summed E-state index contributed by atoms with van der Waals surface area (Å²) in [5.74, 6) is 0.755. The third-order valence-electron chi connectivity index (χ3n) is 5.15. The molecule has 4 heterocycles. The van der Waals surface area contributed by atoms with Crippen LogP contribution in [0.5, 0.6) is 0 Å². The zero-order chi connectivity index (χ0) is 18.9. The molecule has 28 heavy (non-hydrogen) atoms. The van der Waals surface area contributed by atoms with Crippen LogP contribution in [-0.4, -0.2) is 41.0 Å². The van der Waals surface area contributed by atoms with Crippen molar-refractivity contribution in [2.24, 2.45) is 0 Å². The quantitative estimate of drug-likeness (QED) is 0.554. The van der Waals surface area contributed by atoms with E-state index in [1.807, 2.05) is 29.0 Å². The molecule has 1 N–H and O–H groups in total. The highest BCUT2D eigenvalue weighted by Crippen LogP contribution is 2.33. The van der Waals surface area contributed by atoms with Crippen LogP contribution in [0.15, 0.2) is 58.0 Å². The molecule has 5 rings (SSSR count). The van der Waals surface area contributed by atoms with Crippen LogP contribution in [0.25, 0.3) is 20.7 Å². The summed E-state index contributed by atoms with van der Waals surface area (Å²) >= 11 is 3.20. The third kappa shape index (κ3) is 3.37. The molecule has 1 aliphatic heterocycles. The zero-order valence-corrected chi connectivity index (χ0v) is 16.9. The minimum Gasteiger partial charge on any atom is -0.369 e. The Kier molecular flexibility index (Phi) is 4.72. The summed E-state index contributed by atoms with van der Waals surface area (Å²) in [5.41, 5.74) is 2.23. The van der Waals surface area contributed by atoms with Gasteiger partial charge in [-0.15, -0.1) is 22.7 Å². The van der Waals surface area contributed by atoms with Crippen molar-refractivity contribution in [3.05, 3.63) is 69.4 Å². The number of hydrogen-bond donors (Lipinski definition) is 1. The largest absolute Gasteiger partial charge is 0.369 e. The molecule has 142 valence electrons.